The number of esters is 2. The Morgan fingerprint density at radius 2 is 1.89 bits per heavy atom. The van der Waals surface area contributed by atoms with Crippen LogP contribution < -0.4 is 10.5 Å². The van der Waals surface area contributed by atoms with E-state index in [1.54, 1.807) is 0 Å². The Balaban J connectivity index is 2.76. The van der Waals surface area contributed by atoms with E-state index in [4.69, 9.17) is 21.5 Å². The number of primary sulfonamides is 1. The molecule has 1 rings (SSSR count). The van der Waals surface area contributed by atoms with Crippen LogP contribution in [0.5, 0.6) is 0 Å². The van der Waals surface area contributed by atoms with Gasteiger partial charge in [-0.15, -0.1) is 0 Å². The van der Waals surface area contributed by atoms with Crippen molar-refractivity contribution < 1.29 is 32.3 Å². The molecule has 0 aromatic heterocycles. The zero-order valence-corrected chi connectivity index (χ0v) is 16.6. The van der Waals surface area contributed by atoms with E-state index in [0.29, 0.717) is 6.42 Å². The molecule has 1 aromatic carbocycles. The molecule has 1 atom stereocenters. The number of hydrogen-bond donors (Lipinski definition) is 2. The van der Waals surface area contributed by atoms with E-state index in [1.807, 2.05) is 13.8 Å². The molecule has 0 spiro atoms. The third-order valence-corrected chi connectivity index (χ3v) is 4.73. The fraction of sp³-hybridized carbons (Fsp3) is 0.438. The third-order valence-electron chi connectivity index (χ3n) is 3.34. The van der Waals surface area contributed by atoms with Crippen LogP contribution in [0.15, 0.2) is 23.1 Å². The minimum Gasteiger partial charge on any atom is -0.467 e. The molecule has 0 aliphatic heterocycles. The number of nitrogens with two attached hydrogens (primary N) is 1. The van der Waals surface area contributed by atoms with Crippen molar-refractivity contribution in [1.29, 1.82) is 0 Å². The molecule has 0 heterocycles. The minimum atomic E-state index is -4.13. The monoisotopic (exact) mass is 420 g/mol. The highest BCUT2D eigenvalue weighted by atomic mass is 35.5. The van der Waals surface area contributed by atoms with Crippen molar-refractivity contribution in [2.75, 3.05) is 13.7 Å². The van der Waals surface area contributed by atoms with Gasteiger partial charge in [-0.1, -0.05) is 25.4 Å². The van der Waals surface area contributed by atoms with Gasteiger partial charge in [0.25, 0.3) is 5.91 Å². The molecule has 0 aliphatic rings. The topological polar surface area (TPSA) is 142 Å². The summed E-state index contributed by atoms with van der Waals surface area (Å²) in [7, 11) is -2.93. The maximum absolute atomic E-state index is 12.0. The predicted octanol–water partition coefficient (Wildman–Crippen LogP) is 0.848. The lowest BCUT2D eigenvalue weighted by Crippen LogP contribution is -2.44. The summed E-state index contributed by atoms with van der Waals surface area (Å²) >= 11 is 5.74. The SMILES string of the molecule is COC(=O)[C@@H](CC(C)C)NC(=O)COC(=O)c1ccc(Cl)c(S(N)(=O)=O)c1. The van der Waals surface area contributed by atoms with Crippen LogP contribution in [0.2, 0.25) is 5.02 Å². The lowest BCUT2D eigenvalue weighted by atomic mass is 10.0. The van der Waals surface area contributed by atoms with Gasteiger partial charge in [-0.25, -0.2) is 23.1 Å². The first-order valence-electron chi connectivity index (χ1n) is 7.82. The van der Waals surface area contributed by atoms with Crippen molar-refractivity contribution in [1.82, 2.24) is 5.32 Å². The van der Waals surface area contributed by atoms with Gasteiger partial charge >= 0.3 is 11.9 Å². The Morgan fingerprint density at radius 1 is 1.26 bits per heavy atom. The second-order valence-electron chi connectivity index (χ2n) is 6.04. The van der Waals surface area contributed by atoms with Gasteiger partial charge in [0.05, 0.1) is 17.7 Å². The van der Waals surface area contributed by atoms with Crippen molar-refractivity contribution in [3.05, 3.63) is 28.8 Å². The number of hydrogen-bond acceptors (Lipinski definition) is 7. The fourth-order valence-electron chi connectivity index (χ4n) is 2.13. The standard InChI is InChI=1S/C16H21ClN2O7S/c1-9(2)6-12(16(22)25-3)19-14(20)8-26-15(21)10-4-5-11(17)13(7-10)27(18,23)24/h4-5,7,9,12H,6,8H2,1-3H3,(H,19,20)(H2,18,23,24)/t12-/m1/s1. The second-order valence-corrected chi connectivity index (χ2v) is 7.98. The number of amides is 1. The fourth-order valence-corrected chi connectivity index (χ4v) is 3.20. The van der Waals surface area contributed by atoms with Gasteiger partial charge in [-0.3, -0.25) is 4.79 Å². The molecule has 3 N–H and O–H groups in total. The van der Waals surface area contributed by atoms with E-state index in [9.17, 15) is 22.8 Å². The largest absolute Gasteiger partial charge is 0.467 e. The molecule has 1 aromatic rings. The lowest BCUT2D eigenvalue weighted by molar-refractivity contribution is -0.145. The normalized spacial score (nSPS) is 12.4. The van der Waals surface area contributed by atoms with Crippen molar-refractivity contribution in [2.45, 2.75) is 31.2 Å². The number of ether oxygens (including phenoxy) is 2. The van der Waals surface area contributed by atoms with Crippen LogP contribution in [-0.4, -0.2) is 46.0 Å². The third kappa shape index (κ3) is 7.16. The van der Waals surface area contributed by atoms with Crippen LogP contribution in [0, 0.1) is 5.92 Å². The molecule has 9 nitrogen and oxygen atoms in total. The molecule has 0 unspecified atom stereocenters. The van der Waals surface area contributed by atoms with Crippen molar-refractivity contribution >= 4 is 39.5 Å². The average molecular weight is 421 g/mol. The number of methoxy groups -OCH3 is 1. The van der Waals surface area contributed by atoms with Crippen molar-refractivity contribution in [3.63, 3.8) is 0 Å². The van der Waals surface area contributed by atoms with E-state index >= 15 is 0 Å². The van der Waals surface area contributed by atoms with Gasteiger partial charge in [-0.05, 0) is 30.5 Å². The molecule has 0 saturated carbocycles. The highest BCUT2D eigenvalue weighted by Gasteiger charge is 2.23. The predicted molar refractivity (Wildman–Crippen MR) is 96.5 cm³/mol. The number of halogens is 1. The average Bonchev–Trinajstić information content (AvgIpc) is 2.57. The highest BCUT2D eigenvalue weighted by Crippen LogP contribution is 2.21. The summed E-state index contributed by atoms with van der Waals surface area (Å²) < 4.78 is 32.3. The molecule has 0 fully saturated rings. The highest BCUT2D eigenvalue weighted by molar-refractivity contribution is 7.89. The van der Waals surface area contributed by atoms with Gasteiger partial charge in [0.2, 0.25) is 10.0 Å². The number of carbonyl (C=O) groups excluding carboxylic acids is 3. The summed E-state index contributed by atoms with van der Waals surface area (Å²) in [5, 5.41) is 7.28. The van der Waals surface area contributed by atoms with Gasteiger partial charge < -0.3 is 14.8 Å². The molecule has 0 radical (unpaired) electrons. The first-order valence-corrected chi connectivity index (χ1v) is 9.74. The molecule has 150 valence electrons. The van der Waals surface area contributed by atoms with Crippen LogP contribution >= 0.6 is 11.6 Å². The van der Waals surface area contributed by atoms with Crippen LogP contribution in [-0.2, 0) is 29.1 Å². The number of benzene rings is 1. The Morgan fingerprint density at radius 3 is 2.41 bits per heavy atom. The minimum absolute atomic E-state index is 0.114. The van der Waals surface area contributed by atoms with Crippen molar-refractivity contribution in [2.24, 2.45) is 11.1 Å². The van der Waals surface area contributed by atoms with E-state index < -0.39 is 45.4 Å². The zero-order valence-electron chi connectivity index (χ0n) is 15.0. The van der Waals surface area contributed by atoms with Crippen LogP contribution in [0.3, 0.4) is 0 Å². The van der Waals surface area contributed by atoms with Crippen molar-refractivity contribution in [3.8, 4) is 0 Å². The number of sulfonamides is 1. The van der Waals surface area contributed by atoms with Crippen LogP contribution in [0.25, 0.3) is 0 Å². The van der Waals surface area contributed by atoms with Crippen LogP contribution in [0.1, 0.15) is 30.6 Å². The Bertz CT molecular complexity index is 824. The second kappa shape index (κ2) is 9.67. The maximum Gasteiger partial charge on any atom is 0.338 e. The summed E-state index contributed by atoms with van der Waals surface area (Å²) in [4.78, 5) is 35.2. The number of nitrogens with one attached hydrogen (secondary N) is 1. The Hall–Kier alpha value is -2.17. The quantitative estimate of drug-likeness (QED) is 0.593. The lowest BCUT2D eigenvalue weighted by Gasteiger charge is -2.18. The molecular formula is C16H21ClN2O7S. The van der Waals surface area contributed by atoms with Gasteiger partial charge in [0, 0.05) is 0 Å². The van der Waals surface area contributed by atoms with E-state index in [0.717, 1.165) is 6.07 Å². The molecular weight excluding hydrogens is 400 g/mol. The van der Waals surface area contributed by atoms with E-state index in [2.05, 4.69) is 10.1 Å². The zero-order chi connectivity index (χ0) is 20.8. The Kier molecular flexibility index (Phi) is 8.20. The molecule has 0 bridgehead atoms. The maximum atomic E-state index is 12.0. The summed E-state index contributed by atoms with van der Waals surface area (Å²) in [5.74, 6) is -2.16. The first kappa shape index (κ1) is 22.9. The smallest absolute Gasteiger partial charge is 0.338 e. The summed E-state index contributed by atoms with van der Waals surface area (Å²) in [6.45, 7) is 3.06. The van der Waals surface area contributed by atoms with Gasteiger partial charge in [0.15, 0.2) is 6.61 Å². The summed E-state index contributed by atoms with van der Waals surface area (Å²) in [6.07, 6.45) is 0.348. The van der Waals surface area contributed by atoms with Crippen LogP contribution in [0.4, 0.5) is 0 Å². The summed E-state index contributed by atoms with van der Waals surface area (Å²) in [6, 6.07) is 2.49. The molecule has 11 heteroatoms. The molecule has 0 aliphatic carbocycles. The van der Waals surface area contributed by atoms with E-state index in [1.165, 1.54) is 19.2 Å². The van der Waals surface area contributed by atoms with Gasteiger partial charge in [0.1, 0.15) is 10.9 Å². The molecule has 27 heavy (non-hydrogen) atoms. The molecule has 0 saturated heterocycles. The summed E-state index contributed by atoms with van der Waals surface area (Å²) in [5.41, 5.74) is -0.150. The molecule has 1 amide bonds. The number of carbonyl (C=O) groups is 3. The van der Waals surface area contributed by atoms with E-state index in [-0.39, 0.29) is 16.5 Å². The first-order chi connectivity index (χ1) is 12.5. The number of rotatable bonds is 8. The van der Waals surface area contributed by atoms with Gasteiger partial charge in [-0.2, -0.15) is 0 Å². The Labute approximate surface area is 162 Å².